The van der Waals surface area contributed by atoms with Crippen molar-refractivity contribution < 1.29 is 0 Å². The van der Waals surface area contributed by atoms with Crippen molar-refractivity contribution in [1.29, 1.82) is 0 Å². The number of anilines is 2. The molecule has 7 nitrogen and oxygen atoms in total. The first-order valence-electron chi connectivity index (χ1n) is 9.35. The van der Waals surface area contributed by atoms with Crippen LogP contribution in [-0.2, 0) is 6.54 Å². The number of pyridine rings is 1. The summed E-state index contributed by atoms with van der Waals surface area (Å²) in [5.41, 5.74) is 1.19. The molecule has 1 atom stereocenters. The number of nitrogens with zero attached hydrogens (tertiary/aromatic N) is 7. The zero-order chi connectivity index (χ0) is 18.6. The van der Waals surface area contributed by atoms with Gasteiger partial charge >= 0.3 is 0 Å². The van der Waals surface area contributed by atoms with E-state index in [1.807, 2.05) is 43.7 Å². The van der Waals surface area contributed by atoms with Crippen molar-refractivity contribution in [2.24, 2.45) is 0 Å². The lowest BCUT2D eigenvalue weighted by Gasteiger charge is -2.33. The maximum atomic E-state index is 4.76. The number of imidazole rings is 1. The van der Waals surface area contributed by atoms with Crippen LogP contribution >= 0.6 is 0 Å². The highest BCUT2D eigenvalue weighted by Gasteiger charge is 2.26. The van der Waals surface area contributed by atoms with Gasteiger partial charge in [0.05, 0.1) is 18.9 Å². The summed E-state index contributed by atoms with van der Waals surface area (Å²) < 4.78 is 2.24. The summed E-state index contributed by atoms with van der Waals surface area (Å²) in [5.74, 6) is 3.35. The molecule has 140 valence electrons. The lowest BCUT2D eigenvalue weighted by atomic mass is 9.97. The molecule has 0 bridgehead atoms. The van der Waals surface area contributed by atoms with Crippen molar-refractivity contribution in [3.05, 3.63) is 60.7 Å². The molecule has 4 heterocycles. The first kappa shape index (κ1) is 17.5. The molecule has 3 aromatic heterocycles. The van der Waals surface area contributed by atoms with E-state index in [1.54, 1.807) is 12.4 Å². The van der Waals surface area contributed by atoms with E-state index >= 15 is 0 Å². The Kier molecular flexibility index (Phi) is 5.00. The van der Waals surface area contributed by atoms with E-state index < -0.39 is 0 Å². The zero-order valence-electron chi connectivity index (χ0n) is 15.9. The van der Waals surface area contributed by atoms with Crippen LogP contribution in [0.3, 0.4) is 0 Å². The maximum Gasteiger partial charge on any atom is 0.149 e. The Hall–Kier alpha value is -2.96. The van der Waals surface area contributed by atoms with Gasteiger partial charge in [-0.25, -0.2) is 9.97 Å². The zero-order valence-corrected chi connectivity index (χ0v) is 15.9. The number of rotatable bonds is 5. The smallest absolute Gasteiger partial charge is 0.149 e. The summed E-state index contributed by atoms with van der Waals surface area (Å²) in [5, 5.41) is 0. The Balaban J connectivity index is 1.52. The minimum atomic E-state index is 0.384. The fraction of sp³-hybridized carbons (Fsp3) is 0.400. The largest absolute Gasteiger partial charge is 0.361 e. The molecular formula is C20H25N7. The monoisotopic (exact) mass is 363 g/mol. The summed E-state index contributed by atoms with van der Waals surface area (Å²) in [7, 11) is 3.98. The highest BCUT2D eigenvalue weighted by molar-refractivity contribution is 5.45. The molecule has 3 aromatic rings. The van der Waals surface area contributed by atoms with Gasteiger partial charge in [0.1, 0.15) is 17.5 Å². The van der Waals surface area contributed by atoms with Gasteiger partial charge in [-0.3, -0.25) is 9.97 Å². The number of aromatic nitrogens is 5. The minimum absolute atomic E-state index is 0.384. The van der Waals surface area contributed by atoms with E-state index in [0.717, 1.165) is 49.9 Å². The Bertz CT molecular complexity index is 875. The second-order valence-electron chi connectivity index (χ2n) is 7.19. The molecule has 0 N–H and O–H groups in total. The molecule has 1 aliphatic heterocycles. The Morgan fingerprint density at radius 3 is 2.89 bits per heavy atom. The second kappa shape index (κ2) is 7.73. The third-order valence-corrected chi connectivity index (χ3v) is 5.00. The fourth-order valence-electron chi connectivity index (χ4n) is 3.61. The SMILES string of the molecule is CN(C)c1cncc(N2CCCC(c3nccn3Cc3cccnc3)C2)n1. The van der Waals surface area contributed by atoms with Crippen LogP contribution in [0.5, 0.6) is 0 Å². The van der Waals surface area contributed by atoms with Crippen LogP contribution in [0, 0.1) is 0 Å². The van der Waals surface area contributed by atoms with Crippen LogP contribution in [-0.4, -0.2) is 51.7 Å². The van der Waals surface area contributed by atoms with Crippen LogP contribution in [0.15, 0.2) is 49.3 Å². The molecule has 7 heteroatoms. The third kappa shape index (κ3) is 3.92. The molecule has 1 unspecified atom stereocenters. The van der Waals surface area contributed by atoms with Gasteiger partial charge in [0.15, 0.2) is 0 Å². The maximum absolute atomic E-state index is 4.76. The van der Waals surface area contributed by atoms with E-state index in [1.165, 1.54) is 5.56 Å². The van der Waals surface area contributed by atoms with Gasteiger partial charge in [0.2, 0.25) is 0 Å². The lowest BCUT2D eigenvalue weighted by Crippen LogP contribution is -2.36. The minimum Gasteiger partial charge on any atom is -0.361 e. The number of piperidine rings is 1. The molecule has 0 radical (unpaired) electrons. The van der Waals surface area contributed by atoms with Crippen LogP contribution in [0.4, 0.5) is 11.6 Å². The van der Waals surface area contributed by atoms with Crippen LogP contribution in [0.25, 0.3) is 0 Å². The highest BCUT2D eigenvalue weighted by Crippen LogP contribution is 2.29. The highest BCUT2D eigenvalue weighted by atomic mass is 15.2. The van der Waals surface area contributed by atoms with Crippen LogP contribution in [0.1, 0.15) is 30.1 Å². The molecule has 0 saturated carbocycles. The molecule has 0 amide bonds. The second-order valence-corrected chi connectivity index (χ2v) is 7.19. The predicted molar refractivity (Wildman–Crippen MR) is 106 cm³/mol. The lowest BCUT2D eigenvalue weighted by molar-refractivity contribution is 0.473. The van der Waals surface area contributed by atoms with E-state index in [4.69, 9.17) is 4.98 Å². The van der Waals surface area contributed by atoms with Gasteiger partial charge in [-0.15, -0.1) is 0 Å². The van der Waals surface area contributed by atoms with E-state index in [2.05, 4.69) is 36.7 Å². The van der Waals surface area contributed by atoms with E-state index in [0.29, 0.717) is 5.92 Å². The first-order chi connectivity index (χ1) is 13.2. The molecule has 1 fully saturated rings. The van der Waals surface area contributed by atoms with E-state index in [9.17, 15) is 0 Å². The van der Waals surface area contributed by atoms with Crippen molar-refractivity contribution in [2.45, 2.75) is 25.3 Å². The van der Waals surface area contributed by atoms with Gasteiger partial charge in [0.25, 0.3) is 0 Å². The summed E-state index contributed by atoms with van der Waals surface area (Å²) in [4.78, 5) is 22.3. The number of hydrogen-bond donors (Lipinski definition) is 0. The first-order valence-corrected chi connectivity index (χ1v) is 9.35. The summed E-state index contributed by atoms with van der Waals surface area (Å²) in [6.07, 6.45) is 13.6. The topological polar surface area (TPSA) is 63.0 Å². The molecular weight excluding hydrogens is 338 g/mol. The predicted octanol–water partition coefficient (Wildman–Crippen LogP) is 2.57. The van der Waals surface area contributed by atoms with E-state index in [-0.39, 0.29) is 0 Å². The van der Waals surface area contributed by atoms with Crippen molar-refractivity contribution in [3.8, 4) is 0 Å². The van der Waals surface area contributed by atoms with Crippen molar-refractivity contribution in [3.63, 3.8) is 0 Å². The quantitative estimate of drug-likeness (QED) is 0.694. The Morgan fingerprint density at radius 2 is 2.07 bits per heavy atom. The average Bonchev–Trinajstić information content (AvgIpc) is 3.17. The standard InChI is InChI=1S/C20H25N7/c1-25(2)18-12-22-13-19(24-18)26-9-4-6-17(15-26)20-23-8-10-27(20)14-16-5-3-7-21-11-16/h3,5,7-8,10-13,17H,4,6,9,14-15H2,1-2H3. The molecule has 0 aromatic carbocycles. The summed E-state index contributed by atoms with van der Waals surface area (Å²) >= 11 is 0. The third-order valence-electron chi connectivity index (χ3n) is 5.00. The normalized spacial score (nSPS) is 17.1. The number of hydrogen-bond acceptors (Lipinski definition) is 6. The van der Waals surface area contributed by atoms with Gasteiger partial charge < -0.3 is 14.4 Å². The van der Waals surface area contributed by atoms with Gasteiger partial charge in [0, 0.05) is 57.9 Å². The van der Waals surface area contributed by atoms with Gasteiger partial charge in [-0.05, 0) is 24.5 Å². The van der Waals surface area contributed by atoms with Crippen molar-refractivity contribution in [2.75, 3.05) is 37.0 Å². The Labute approximate surface area is 159 Å². The fourth-order valence-corrected chi connectivity index (χ4v) is 3.61. The summed E-state index contributed by atoms with van der Waals surface area (Å²) in [6.45, 7) is 2.72. The van der Waals surface area contributed by atoms with Gasteiger partial charge in [-0.1, -0.05) is 6.07 Å². The molecule has 1 aliphatic rings. The Morgan fingerprint density at radius 1 is 1.15 bits per heavy atom. The van der Waals surface area contributed by atoms with Crippen molar-refractivity contribution in [1.82, 2.24) is 24.5 Å². The van der Waals surface area contributed by atoms with Crippen molar-refractivity contribution >= 4 is 11.6 Å². The molecule has 0 spiro atoms. The molecule has 27 heavy (non-hydrogen) atoms. The molecule has 0 aliphatic carbocycles. The summed E-state index contributed by atoms with van der Waals surface area (Å²) in [6, 6.07) is 4.08. The molecule has 1 saturated heterocycles. The van der Waals surface area contributed by atoms with Crippen LogP contribution < -0.4 is 9.80 Å². The van der Waals surface area contributed by atoms with Gasteiger partial charge in [-0.2, -0.15) is 0 Å². The molecule has 4 rings (SSSR count). The average molecular weight is 363 g/mol. The van der Waals surface area contributed by atoms with Crippen LogP contribution in [0.2, 0.25) is 0 Å².